The number of nitrogens with zero attached hydrogens (tertiary/aromatic N) is 1. The monoisotopic (exact) mass is 415 g/mol. The Bertz CT molecular complexity index is 1160. The standard InChI is InChI=1S/C25H25N3O3/c1-15-2-3-19(25(30)27-21-8-9-31-14-21)11-22(15)18-7-6-17-12-23(26-13-20(17)10-18)28-24(29)16-4-5-16/h2-3,6-7,10-13,16,21H,4-5,8-9,14H2,1H3,(H,27,30)(H,26,28,29)/t21-/m0/s1. The van der Waals surface area contributed by atoms with E-state index in [1.807, 2.05) is 43.3 Å². The number of anilines is 1. The van der Waals surface area contributed by atoms with Crippen LogP contribution in [0.3, 0.4) is 0 Å². The first kappa shape index (κ1) is 19.7. The quantitative estimate of drug-likeness (QED) is 0.658. The van der Waals surface area contributed by atoms with Crippen LogP contribution in [0.5, 0.6) is 0 Å². The maximum absolute atomic E-state index is 12.7. The summed E-state index contributed by atoms with van der Waals surface area (Å²) in [7, 11) is 0. The molecule has 3 aromatic rings. The number of carbonyl (C=O) groups excluding carboxylic acids is 2. The molecule has 158 valence electrons. The van der Waals surface area contributed by atoms with E-state index in [2.05, 4.69) is 21.7 Å². The minimum absolute atomic E-state index is 0.0540. The molecule has 1 aromatic heterocycles. The first-order valence-electron chi connectivity index (χ1n) is 10.8. The predicted octanol–water partition coefficient (Wildman–Crippen LogP) is 4.08. The number of aryl methyl sites for hydroxylation is 1. The van der Waals surface area contributed by atoms with Gasteiger partial charge in [0.1, 0.15) is 5.82 Å². The summed E-state index contributed by atoms with van der Waals surface area (Å²) in [6.45, 7) is 3.31. The van der Waals surface area contributed by atoms with Crippen LogP contribution in [-0.2, 0) is 9.53 Å². The molecule has 2 heterocycles. The number of aromatic nitrogens is 1. The predicted molar refractivity (Wildman–Crippen MR) is 120 cm³/mol. The first-order chi connectivity index (χ1) is 15.1. The molecule has 5 rings (SSSR count). The molecule has 31 heavy (non-hydrogen) atoms. The first-order valence-corrected chi connectivity index (χ1v) is 10.8. The Morgan fingerprint density at radius 1 is 1.03 bits per heavy atom. The summed E-state index contributed by atoms with van der Waals surface area (Å²) >= 11 is 0. The Balaban J connectivity index is 1.40. The Morgan fingerprint density at radius 2 is 1.90 bits per heavy atom. The second-order valence-electron chi connectivity index (χ2n) is 8.46. The molecule has 6 nitrogen and oxygen atoms in total. The molecule has 0 radical (unpaired) electrons. The van der Waals surface area contributed by atoms with E-state index in [4.69, 9.17) is 4.74 Å². The number of hydrogen-bond acceptors (Lipinski definition) is 4. The minimum atomic E-state index is -0.0738. The van der Waals surface area contributed by atoms with Crippen molar-refractivity contribution in [2.45, 2.75) is 32.2 Å². The molecular weight excluding hydrogens is 390 g/mol. The zero-order valence-corrected chi connectivity index (χ0v) is 17.5. The van der Waals surface area contributed by atoms with Gasteiger partial charge in [-0.2, -0.15) is 0 Å². The highest BCUT2D eigenvalue weighted by atomic mass is 16.5. The molecule has 1 saturated heterocycles. The van der Waals surface area contributed by atoms with Gasteiger partial charge in [0.15, 0.2) is 0 Å². The molecule has 0 unspecified atom stereocenters. The van der Waals surface area contributed by atoms with Crippen molar-refractivity contribution in [2.24, 2.45) is 5.92 Å². The number of rotatable bonds is 5. The summed E-state index contributed by atoms with van der Waals surface area (Å²) in [4.78, 5) is 29.1. The summed E-state index contributed by atoms with van der Waals surface area (Å²) in [5.41, 5.74) is 3.79. The van der Waals surface area contributed by atoms with Crippen molar-refractivity contribution in [3.63, 3.8) is 0 Å². The largest absolute Gasteiger partial charge is 0.379 e. The SMILES string of the molecule is Cc1ccc(C(=O)N[C@H]2CCOC2)cc1-c1ccc2cc(NC(=O)C3CC3)ncc2c1. The lowest BCUT2D eigenvalue weighted by Gasteiger charge is -2.13. The van der Waals surface area contributed by atoms with Crippen molar-refractivity contribution < 1.29 is 14.3 Å². The third-order valence-corrected chi connectivity index (χ3v) is 6.00. The zero-order chi connectivity index (χ0) is 21.4. The number of fused-ring (bicyclic) bond motifs is 1. The third kappa shape index (κ3) is 4.30. The number of carbonyl (C=O) groups is 2. The van der Waals surface area contributed by atoms with E-state index in [9.17, 15) is 9.59 Å². The number of ether oxygens (including phenoxy) is 1. The number of hydrogen-bond donors (Lipinski definition) is 2. The Morgan fingerprint density at radius 3 is 2.68 bits per heavy atom. The van der Waals surface area contributed by atoms with E-state index in [0.717, 1.165) is 46.7 Å². The molecule has 1 aliphatic heterocycles. The van der Waals surface area contributed by atoms with Gasteiger partial charge in [-0.25, -0.2) is 4.98 Å². The van der Waals surface area contributed by atoms with Gasteiger partial charge in [0.2, 0.25) is 5.91 Å². The van der Waals surface area contributed by atoms with Crippen LogP contribution in [0.25, 0.3) is 21.9 Å². The fourth-order valence-corrected chi connectivity index (χ4v) is 3.94. The molecule has 2 fully saturated rings. The molecule has 2 N–H and O–H groups in total. The highest BCUT2D eigenvalue weighted by Crippen LogP contribution is 2.31. The molecule has 2 aromatic carbocycles. The molecule has 1 aliphatic carbocycles. The van der Waals surface area contributed by atoms with Crippen LogP contribution in [0, 0.1) is 12.8 Å². The average molecular weight is 415 g/mol. The van der Waals surface area contributed by atoms with Crippen LogP contribution in [-0.4, -0.2) is 36.1 Å². The summed E-state index contributed by atoms with van der Waals surface area (Å²) in [5.74, 6) is 0.713. The number of amides is 2. The van der Waals surface area contributed by atoms with Gasteiger partial charge in [0.05, 0.1) is 12.6 Å². The Hall–Kier alpha value is -3.25. The second kappa shape index (κ2) is 8.12. The van der Waals surface area contributed by atoms with Gasteiger partial charge in [-0.15, -0.1) is 0 Å². The molecule has 0 bridgehead atoms. The molecular formula is C25H25N3O3. The second-order valence-corrected chi connectivity index (χ2v) is 8.46. The van der Waals surface area contributed by atoms with Gasteiger partial charge in [0.25, 0.3) is 5.91 Å². The van der Waals surface area contributed by atoms with Crippen molar-refractivity contribution in [1.82, 2.24) is 10.3 Å². The molecule has 1 atom stereocenters. The summed E-state index contributed by atoms with van der Waals surface area (Å²) in [5, 5.41) is 7.94. The lowest BCUT2D eigenvalue weighted by Crippen LogP contribution is -2.35. The van der Waals surface area contributed by atoms with Crippen LogP contribution < -0.4 is 10.6 Å². The maximum Gasteiger partial charge on any atom is 0.251 e. The fraction of sp³-hybridized carbons (Fsp3) is 0.320. The Labute approximate surface area is 181 Å². The van der Waals surface area contributed by atoms with Crippen LogP contribution >= 0.6 is 0 Å². The van der Waals surface area contributed by atoms with Crippen molar-refractivity contribution in [3.8, 4) is 11.1 Å². The number of benzene rings is 2. The minimum Gasteiger partial charge on any atom is -0.379 e. The smallest absolute Gasteiger partial charge is 0.251 e. The molecule has 1 saturated carbocycles. The van der Waals surface area contributed by atoms with E-state index >= 15 is 0 Å². The highest BCUT2D eigenvalue weighted by molar-refractivity contribution is 5.98. The van der Waals surface area contributed by atoms with Gasteiger partial charge < -0.3 is 15.4 Å². The van der Waals surface area contributed by atoms with Gasteiger partial charge in [-0.05, 0) is 72.5 Å². The van der Waals surface area contributed by atoms with E-state index in [1.165, 1.54) is 0 Å². The molecule has 0 spiro atoms. The van der Waals surface area contributed by atoms with E-state index in [1.54, 1.807) is 6.20 Å². The lowest BCUT2D eigenvalue weighted by molar-refractivity contribution is -0.117. The van der Waals surface area contributed by atoms with Gasteiger partial charge in [-0.1, -0.05) is 18.2 Å². The molecule has 2 amide bonds. The van der Waals surface area contributed by atoms with E-state index < -0.39 is 0 Å². The topological polar surface area (TPSA) is 80.3 Å². The van der Waals surface area contributed by atoms with Crippen LogP contribution in [0.15, 0.2) is 48.7 Å². The summed E-state index contributed by atoms with van der Waals surface area (Å²) in [6, 6.07) is 13.9. The van der Waals surface area contributed by atoms with Gasteiger partial charge in [-0.3, -0.25) is 9.59 Å². The number of nitrogens with one attached hydrogen (secondary N) is 2. The molecule has 6 heteroatoms. The van der Waals surface area contributed by atoms with Crippen LogP contribution in [0.4, 0.5) is 5.82 Å². The fourth-order valence-electron chi connectivity index (χ4n) is 3.94. The van der Waals surface area contributed by atoms with E-state index in [0.29, 0.717) is 24.6 Å². The normalized spacial score (nSPS) is 18.2. The lowest BCUT2D eigenvalue weighted by atomic mass is 9.96. The number of pyridine rings is 1. The summed E-state index contributed by atoms with van der Waals surface area (Å²) in [6.07, 6.45) is 4.57. The average Bonchev–Trinajstić information content (AvgIpc) is 3.51. The van der Waals surface area contributed by atoms with Crippen molar-refractivity contribution in [1.29, 1.82) is 0 Å². The Kier molecular flexibility index (Phi) is 5.16. The third-order valence-electron chi connectivity index (χ3n) is 6.00. The van der Waals surface area contributed by atoms with Crippen LogP contribution in [0.2, 0.25) is 0 Å². The zero-order valence-electron chi connectivity index (χ0n) is 17.5. The molecule has 2 aliphatic rings. The van der Waals surface area contributed by atoms with Gasteiger partial charge in [0, 0.05) is 29.7 Å². The van der Waals surface area contributed by atoms with E-state index in [-0.39, 0.29) is 23.8 Å². The highest BCUT2D eigenvalue weighted by Gasteiger charge is 2.29. The van der Waals surface area contributed by atoms with Crippen molar-refractivity contribution in [3.05, 3.63) is 59.8 Å². The maximum atomic E-state index is 12.7. The van der Waals surface area contributed by atoms with Gasteiger partial charge >= 0.3 is 0 Å². The van der Waals surface area contributed by atoms with Crippen LogP contribution in [0.1, 0.15) is 35.2 Å². The van der Waals surface area contributed by atoms with Crippen molar-refractivity contribution >= 4 is 28.4 Å². The van der Waals surface area contributed by atoms with Crippen molar-refractivity contribution in [2.75, 3.05) is 18.5 Å². The summed E-state index contributed by atoms with van der Waals surface area (Å²) < 4.78 is 5.35.